The van der Waals surface area contributed by atoms with Crippen LogP contribution in [0.2, 0.25) is 0 Å². The van der Waals surface area contributed by atoms with E-state index in [0.717, 1.165) is 6.42 Å². The highest BCUT2D eigenvalue weighted by molar-refractivity contribution is 5.23. The molecule has 1 heteroatoms. The Morgan fingerprint density at radius 2 is 1.71 bits per heavy atom. The third-order valence-corrected chi connectivity index (χ3v) is 2.40. The van der Waals surface area contributed by atoms with E-state index in [4.69, 9.17) is 5.73 Å². The van der Waals surface area contributed by atoms with Gasteiger partial charge in [0, 0.05) is 6.04 Å². The summed E-state index contributed by atoms with van der Waals surface area (Å²) in [6, 6.07) is 9.13. The molecule has 0 spiro atoms. The van der Waals surface area contributed by atoms with Crippen molar-refractivity contribution >= 4 is 0 Å². The molecule has 78 valence electrons. The molecule has 2 N–H and O–H groups in total. The lowest BCUT2D eigenvalue weighted by atomic mass is 10.0. The molecule has 0 heterocycles. The van der Waals surface area contributed by atoms with E-state index in [9.17, 15) is 0 Å². The second kappa shape index (κ2) is 5.82. The Balaban J connectivity index is 2.50. The maximum Gasteiger partial charge on any atom is 0.00509 e. The van der Waals surface area contributed by atoms with Crippen molar-refractivity contribution in [3.63, 3.8) is 0 Å². The molecule has 1 atom stereocenters. The summed E-state index contributed by atoms with van der Waals surface area (Å²) in [4.78, 5) is 0. The van der Waals surface area contributed by atoms with Crippen molar-refractivity contribution in [2.75, 3.05) is 0 Å². The quantitative estimate of drug-likeness (QED) is 0.761. The fourth-order valence-electron chi connectivity index (χ4n) is 1.59. The van der Waals surface area contributed by atoms with Gasteiger partial charge in [0.1, 0.15) is 0 Å². The predicted molar refractivity (Wildman–Crippen MR) is 62.4 cm³/mol. The number of rotatable bonds is 5. The fraction of sp³-hybridized carbons (Fsp3) is 0.538. The SMILES string of the molecule is CCCCc1ccc(C[C@@H](C)N)cc1. The molecule has 0 bridgehead atoms. The molecule has 0 aliphatic heterocycles. The monoisotopic (exact) mass is 191 g/mol. The molecule has 14 heavy (non-hydrogen) atoms. The zero-order chi connectivity index (χ0) is 10.4. The third-order valence-electron chi connectivity index (χ3n) is 2.40. The zero-order valence-electron chi connectivity index (χ0n) is 9.29. The first-order valence-corrected chi connectivity index (χ1v) is 5.55. The van der Waals surface area contributed by atoms with E-state index in [1.54, 1.807) is 0 Å². The summed E-state index contributed by atoms with van der Waals surface area (Å²) in [6.45, 7) is 4.27. The highest BCUT2D eigenvalue weighted by Crippen LogP contribution is 2.09. The van der Waals surface area contributed by atoms with E-state index in [2.05, 4.69) is 31.2 Å². The van der Waals surface area contributed by atoms with Crippen LogP contribution < -0.4 is 5.73 Å². The molecule has 0 radical (unpaired) electrons. The van der Waals surface area contributed by atoms with Gasteiger partial charge in [-0.2, -0.15) is 0 Å². The first-order chi connectivity index (χ1) is 6.72. The largest absolute Gasteiger partial charge is 0.328 e. The van der Waals surface area contributed by atoms with Crippen molar-refractivity contribution < 1.29 is 0 Å². The molecule has 0 fully saturated rings. The molecular weight excluding hydrogens is 170 g/mol. The van der Waals surface area contributed by atoms with Crippen LogP contribution in [0.4, 0.5) is 0 Å². The third kappa shape index (κ3) is 3.93. The number of unbranched alkanes of at least 4 members (excludes halogenated alkanes) is 1. The average molecular weight is 191 g/mol. The molecule has 0 aliphatic carbocycles. The van der Waals surface area contributed by atoms with Crippen molar-refractivity contribution in [3.05, 3.63) is 35.4 Å². The maximum atomic E-state index is 5.74. The van der Waals surface area contributed by atoms with E-state index >= 15 is 0 Å². The van der Waals surface area contributed by atoms with Crippen molar-refractivity contribution in [2.45, 2.75) is 45.6 Å². The van der Waals surface area contributed by atoms with Gasteiger partial charge in [-0.1, -0.05) is 37.6 Å². The first kappa shape index (κ1) is 11.3. The Hall–Kier alpha value is -0.820. The Morgan fingerprint density at radius 1 is 1.14 bits per heavy atom. The number of benzene rings is 1. The molecule has 1 rings (SSSR count). The van der Waals surface area contributed by atoms with Crippen LogP contribution in [-0.2, 0) is 12.8 Å². The van der Waals surface area contributed by atoms with Crippen molar-refractivity contribution in [1.29, 1.82) is 0 Å². The fourth-order valence-corrected chi connectivity index (χ4v) is 1.59. The summed E-state index contributed by atoms with van der Waals surface area (Å²) >= 11 is 0. The molecular formula is C13H21N. The van der Waals surface area contributed by atoms with Gasteiger partial charge in [0.05, 0.1) is 0 Å². The lowest BCUT2D eigenvalue weighted by Crippen LogP contribution is -2.17. The average Bonchev–Trinajstić information content (AvgIpc) is 2.16. The molecule has 0 unspecified atom stereocenters. The van der Waals surface area contributed by atoms with E-state index in [1.807, 2.05) is 6.92 Å². The number of hydrogen-bond acceptors (Lipinski definition) is 1. The molecule has 0 amide bonds. The predicted octanol–water partition coefficient (Wildman–Crippen LogP) is 2.92. The van der Waals surface area contributed by atoms with Crippen molar-refractivity contribution in [3.8, 4) is 0 Å². The van der Waals surface area contributed by atoms with Crippen LogP contribution in [0.15, 0.2) is 24.3 Å². The lowest BCUT2D eigenvalue weighted by Gasteiger charge is -2.06. The number of hydrogen-bond donors (Lipinski definition) is 1. The lowest BCUT2D eigenvalue weighted by molar-refractivity contribution is 0.737. The van der Waals surface area contributed by atoms with Gasteiger partial charge in [0.25, 0.3) is 0 Å². The van der Waals surface area contributed by atoms with Gasteiger partial charge in [-0.15, -0.1) is 0 Å². The highest BCUT2D eigenvalue weighted by Gasteiger charge is 1.97. The molecule has 1 aromatic carbocycles. The molecule has 0 aliphatic rings. The minimum atomic E-state index is 0.261. The number of aryl methyl sites for hydroxylation is 1. The number of nitrogens with two attached hydrogens (primary N) is 1. The minimum Gasteiger partial charge on any atom is -0.328 e. The summed E-state index contributed by atoms with van der Waals surface area (Å²) in [5.41, 5.74) is 8.53. The standard InChI is InChI=1S/C13H21N/c1-3-4-5-12-6-8-13(9-7-12)10-11(2)14/h6-9,11H,3-5,10,14H2,1-2H3/t11-/m1/s1. The van der Waals surface area contributed by atoms with Gasteiger partial charge in [0.15, 0.2) is 0 Å². The van der Waals surface area contributed by atoms with Crippen molar-refractivity contribution in [1.82, 2.24) is 0 Å². The van der Waals surface area contributed by atoms with Gasteiger partial charge in [-0.25, -0.2) is 0 Å². The van der Waals surface area contributed by atoms with Crippen LogP contribution in [-0.4, -0.2) is 6.04 Å². The molecule has 0 aromatic heterocycles. The van der Waals surface area contributed by atoms with Gasteiger partial charge in [0.2, 0.25) is 0 Å². The second-order valence-electron chi connectivity index (χ2n) is 4.10. The van der Waals surface area contributed by atoms with E-state index in [0.29, 0.717) is 0 Å². The van der Waals surface area contributed by atoms with Crippen LogP contribution >= 0.6 is 0 Å². The van der Waals surface area contributed by atoms with E-state index in [-0.39, 0.29) is 6.04 Å². The van der Waals surface area contributed by atoms with Crippen molar-refractivity contribution in [2.24, 2.45) is 5.73 Å². The van der Waals surface area contributed by atoms with Gasteiger partial charge < -0.3 is 5.73 Å². The topological polar surface area (TPSA) is 26.0 Å². The molecule has 1 nitrogen and oxygen atoms in total. The summed E-state index contributed by atoms with van der Waals surface area (Å²) in [5, 5.41) is 0. The first-order valence-electron chi connectivity index (χ1n) is 5.55. The normalized spacial score (nSPS) is 12.8. The highest BCUT2D eigenvalue weighted by atomic mass is 14.6. The van der Waals surface area contributed by atoms with Crippen LogP contribution in [0.3, 0.4) is 0 Å². The Bertz CT molecular complexity index is 248. The summed E-state index contributed by atoms with van der Waals surface area (Å²) in [5.74, 6) is 0. The Morgan fingerprint density at radius 3 is 2.21 bits per heavy atom. The maximum absolute atomic E-state index is 5.74. The summed E-state index contributed by atoms with van der Waals surface area (Å²) < 4.78 is 0. The Labute approximate surface area is 87.3 Å². The smallest absolute Gasteiger partial charge is 0.00509 e. The molecule has 0 saturated heterocycles. The summed E-state index contributed by atoms with van der Waals surface area (Å²) in [6.07, 6.45) is 4.73. The molecule has 0 saturated carbocycles. The van der Waals surface area contributed by atoms with Crippen LogP contribution in [0.1, 0.15) is 37.8 Å². The van der Waals surface area contributed by atoms with Gasteiger partial charge in [-0.05, 0) is 37.3 Å². The van der Waals surface area contributed by atoms with E-state index in [1.165, 1.54) is 30.4 Å². The van der Waals surface area contributed by atoms with Crippen LogP contribution in [0.25, 0.3) is 0 Å². The molecule has 1 aromatic rings. The Kier molecular flexibility index (Phi) is 4.68. The second-order valence-corrected chi connectivity index (χ2v) is 4.10. The van der Waals surface area contributed by atoms with Crippen LogP contribution in [0.5, 0.6) is 0 Å². The van der Waals surface area contributed by atoms with Gasteiger partial charge >= 0.3 is 0 Å². The van der Waals surface area contributed by atoms with E-state index < -0.39 is 0 Å². The van der Waals surface area contributed by atoms with Crippen LogP contribution in [0, 0.1) is 0 Å². The minimum absolute atomic E-state index is 0.261. The van der Waals surface area contributed by atoms with Gasteiger partial charge in [-0.3, -0.25) is 0 Å². The zero-order valence-corrected chi connectivity index (χ0v) is 9.29. The summed E-state index contributed by atoms with van der Waals surface area (Å²) in [7, 11) is 0.